The van der Waals surface area contributed by atoms with Crippen molar-refractivity contribution in [3.8, 4) is 0 Å². The molecule has 4 rings (SSSR count). The maximum absolute atomic E-state index is 12.5. The lowest BCUT2D eigenvalue weighted by atomic mass is 10.1. The lowest BCUT2D eigenvalue weighted by Gasteiger charge is -2.35. The van der Waals surface area contributed by atoms with Crippen LogP contribution in [-0.4, -0.2) is 64.9 Å². The molecule has 1 fully saturated rings. The summed E-state index contributed by atoms with van der Waals surface area (Å²) in [5, 5.41) is 5.92. The van der Waals surface area contributed by atoms with Crippen molar-refractivity contribution in [3.63, 3.8) is 0 Å². The third-order valence-electron chi connectivity index (χ3n) is 5.81. The van der Waals surface area contributed by atoms with Crippen LogP contribution in [0, 0.1) is 13.8 Å². The predicted octanol–water partition coefficient (Wildman–Crippen LogP) is 1.83. The summed E-state index contributed by atoms with van der Waals surface area (Å²) in [6, 6.07) is 5.45. The number of benzene rings is 1. The summed E-state index contributed by atoms with van der Waals surface area (Å²) in [4.78, 5) is 34.7. The topological polar surface area (TPSA) is 80.3 Å². The molecule has 8 nitrogen and oxygen atoms in total. The number of hydrogen-bond donors (Lipinski definition) is 2. The fourth-order valence-electron chi connectivity index (χ4n) is 4.02. The van der Waals surface area contributed by atoms with Gasteiger partial charge in [-0.3, -0.25) is 15.0 Å². The SMILES string of the molecule is CC1=C(C)N2C(=NC3C2C(=O)NC(=O)N3C)N1CCNc1cc(C)ccc1C. The Bertz CT molecular complexity index is 921. The predicted molar refractivity (Wildman–Crippen MR) is 108 cm³/mol. The molecule has 3 aliphatic rings. The monoisotopic (exact) mass is 382 g/mol. The number of allylic oxidation sites excluding steroid dienone is 2. The number of carbonyl (C=O) groups is 2. The van der Waals surface area contributed by atoms with E-state index >= 15 is 0 Å². The average molecular weight is 382 g/mol. The standard InChI is InChI=1S/C20H26N6O2/c1-11-6-7-12(2)15(10-11)21-8-9-25-13(3)14(4)26-16-17(22-19(25)26)24(5)20(28)23-18(16)27/h6-7,10,16-17,21H,8-9H2,1-5H3,(H,23,27,28). The van der Waals surface area contributed by atoms with E-state index < -0.39 is 18.2 Å². The van der Waals surface area contributed by atoms with Crippen molar-refractivity contribution in [2.45, 2.75) is 39.9 Å². The van der Waals surface area contributed by atoms with Gasteiger partial charge in [0, 0.05) is 37.2 Å². The second-order valence-electron chi connectivity index (χ2n) is 7.63. The number of likely N-dealkylation sites (N-methyl/N-ethyl adjacent to an activating group) is 1. The summed E-state index contributed by atoms with van der Waals surface area (Å²) in [6.45, 7) is 9.65. The van der Waals surface area contributed by atoms with Crippen molar-refractivity contribution < 1.29 is 9.59 Å². The van der Waals surface area contributed by atoms with E-state index in [1.165, 1.54) is 16.0 Å². The fraction of sp³-hybridized carbons (Fsp3) is 0.450. The van der Waals surface area contributed by atoms with Crippen molar-refractivity contribution in [2.24, 2.45) is 4.99 Å². The van der Waals surface area contributed by atoms with Crippen LogP contribution < -0.4 is 10.6 Å². The van der Waals surface area contributed by atoms with E-state index in [4.69, 9.17) is 4.99 Å². The van der Waals surface area contributed by atoms with Gasteiger partial charge in [0.1, 0.15) is 0 Å². The zero-order valence-corrected chi connectivity index (χ0v) is 16.9. The first-order valence-electron chi connectivity index (χ1n) is 9.50. The van der Waals surface area contributed by atoms with Crippen LogP contribution >= 0.6 is 0 Å². The maximum Gasteiger partial charge on any atom is 0.325 e. The fourth-order valence-corrected chi connectivity index (χ4v) is 4.02. The third-order valence-corrected chi connectivity index (χ3v) is 5.81. The number of aliphatic imine (C=N–C) groups is 1. The van der Waals surface area contributed by atoms with Gasteiger partial charge in [-0.1, -0.05) is 12.1 Å². The normalized spacial score (nSPS) is 23.8. The minimum absolute atomic E-state index is 0.297. The van der Waals surface area contributed by atoms with Gasteiger partial charge in [0.2, 0.25) is 5.96 Å². The number of guanidine groups is 1. The Morgan fingerprint density at radius 1 is 1.14 bits per heavy atom. The lowest BCUT2D eigenvalue weighted by molar-refractivity contribution is -0.126. The van der Waals surface area contributed by atoms with Crippen LogP contribution in [-0.2, 0) is 4.79 Å². The highest BCUT2D eigenvalue weighted by atomic mass is 16.2. The number of rotatable bonds is 4. The molecule has 1 saturated heterocycles. The Labute approximate surface area is 164 Å². The number of anilines is 1. The number of hydrogen-bond acceptors (Lipinski definition) is 6. The first-order chi connectivity index (χ1) is 13.3. The second-order valence-corrected chi connectivity index (χ2v) is 7.63. The second kappa shape index (κ2) is 6.54. The van der Waals surface area contributed by atoms with Crippen LogP contribution in [0.5, 0.6) is 0 Å². The summed E-state index contributed by atoms with van der Waals surface area (Å²) in [5.74, 6) is 0.443. The van der Waals surface area contributed by atoms with E-state index in [0.29, 0.717) is 6.54 Å². The lowest BCUT2D eigenvalue weighted by Crippen LogP contribution is -2.63. The van der Waals surface area contributed by atoms with Gasteiger partial charge in [-0.25, -0.2) is 9.79 Å². The van der Waals surface area contributed by atoms with Crippen molar-refractivity contribution in [1.82, 2.24) is 20.0 Å². The molecule has 3 heterocycles. The van der Waals surface area contributed by atoms with Crippen LogP contribution in [0.3, 0.4) is 0 Å². The molecule has 28 heavy (non-hydrogen) atoms. The number of nitrogens with one attached hydrogen (secondary N) is 2. The molecule has 2 atom stereocenters. The molecule has 2 unspecified atom stereocenters. The molecular weight excluding hydrogens is 356 g/mol. The molecule has 2 N–H and O–H groups in total. The van der Waals surface area contributed by atoms with E-state index in [0.717, 1.165) is 29.6 Å². The van der Waals surface area contributed by atoms with Crippen molar-refractivity contribution in [1.29, 1.82) is 0 Å². The van der Waals surface area contributed by atoms with Crippen LogP contribution in [0.2, 0.25) is 0 Å². The Hall–Kier alpha value is -3.03. The molecule has 0 aromatic heterocycles. The van der Waals surface area contributed by atoms with Gasteiger partial charge in [0.15, 0.2) is 12.2 Å². The molecule has 0 bridgehead atoms. The molecule has 148 valence electrons. The van der Waals surface area contributed by atoms with Crippen molar-refractivity contribution in [2.75, 3.05) is 25.5 Å². The molecule has 0 aliphatic carbocycles. The highest BCUT2D eigenvalue weighted by Crippen LogP contribution is 2.35. The van der Waals surface area contributed by atoms with Gasteiger partial charge < -0.3 is 15.1 Å². The Morgan fingerprint density at radius 2 is 1.89 bits per heavy atom. The van der Waals surface area contributed by atoms with E-state index in [1.54, 1.807) is 7.05 Å². The van der Waals surface area contributed by atoms with Crippen LogP contribution in [0.15, 0.2) is 34.6 Å². The summed E-state index contributed by atoms with van der Waals surface area (Å²) in [5.41, 5.74) is 5.62. The first-order valence-corrected chi connectivity index (χ1v) is 9.50. The minimum atomic E-state index is -0.510. The van der Waals surface area contributed by atoms with Gasteiger partial charge in [-0.05, 0) is 44.9 Å². The molecular formula is C20H26N6O2. The zero-order chi connectivity index (χ0) is 20.2. The minimum Gasteiger partial charge on any atom is -0.383 e. The Morgan fingerprint density at radius 3 is 2.64 bits per heavy atom. The molecule has 0 saturated carbocycles. The number of imide groups is 1. The Kier molecular flexibility index (Phi) is 4.28. The van der Waals surface area contributed by atoms with Crippen LogP contribution in [0.25, 0.3) is 0 Å². The van der Waals surface area contributed by atoms with E-state index in [-0.39, 0.29) is 5.91 Å². The van der Waals surface area contributed by atoms with Gasteiger partial charge in [0.05, 0.1) is 0 Å². The zero-order valence-electron chi connectivity index (χ0n) is 16.9. The molecule has 3 amide bonds. The maximum atomic E-state index is 12.5. The number of carbonyl (C=O) groups excluding carboxylic acids is 2. The number of aryl methyl sites for hydroxylation is 2. The molecule has 3 aliphatic heterocycles. The average Bonchev–Trinajstić information content (AvgIpc) is 3.14. The molecule has 1 aromatic rings. The van der Waals surface area contributed by atoms with Gasteiger partial charge in [-0.15, -0.1) is 0 Å². The van der Waals surface area contributed by atoms with Crippen molar-refractivity contribution in [3.05, 3.63) is 40.7 Å². The summed E-state index contributed by atoms with van der Waals surface area (Å²) < 4.78 is 0. The quantitative estimate of drug-likeness (QED) is 0.831. The summed E-state index contributed by atoms with van der Waals surface area (Å²) >= 11 is 0. The molecule has 0 radical (unpaired) electrons. The molecule has 8 heteroatoms. The number of nitrogens with zero attached hydrogens (tertiary/aromatic N) is 4. The number of amides is 3. The largest absolute Gasteiger partial charge is 0.383 e. The van der Waals surface area contributed by atoms with Gasteiger partial charge in [0.25, 0.3) is 5.91 Å². The smallest absolute Gasteiger partial charge is 0.325 e. The summed E-state index contributed by atoms with van der Waals surface area (Å²) in [7, 11) is 1.67. The first kappa shape index (κ1) is 18.3. The molecule has 1 aromatic carbocycles. The summed E-state index contributed by atoms with van der Waals surface area (Å²) in [6.07, 6.45) is -0.492. The third kappa shape index (κ3) is 2.71. The van der Waals surface area contributed by atoms with E-state index in [1.807, 2.05) is 18.7 Å². The van der Waals surface area contributed by atoms with Gasteiger partial charge >= 0.3 is 6.03 Å². The number of fused-ring (bicyclic) bond motifs is 3. The Balaban J connectivity index is 1.53. The molecule has 0 spiro atoms. The van der Waals surface area contributed by atoms with Crippen LogP contribution in [0.4, 0.5) is 10.5 Å². The van der Waals surface area contributed by atoms with Gasteiger partial charge in [-0.2, -0.15) is 0 Å². The van der Waals surface area contributed by atoms with Crippen LogP contribution in [0.1, 0.15) is 25.0 Å². The van der Waals surface area contributed by atoms with Crippen molar-refractivity contribution >= 4 is 23.6 Å². The van der Waals surface area contributed by atoms with E-state index in [2.05, 4.69) is 47.6 Å². The highest BCUT2D eigenvalue weighted by Gasteiger charge is 2.52. The number of urea groups is 1. The van der Waals surface area contributed by atoms with E-state index in [9.17, 15) is 9.59 Å². The highest BCUT2D eigenvalue weighted by molar-refractivity contribution is 6.05.